The topological polar surface area (TPSA) is 15.3 Å². The molecule has 0 aromatic heterocycles. The first kappa shape index (κ1) is 15.0. The molecule has 112 valence electrons. The summed E-state index contributed by atoms with van der Waals surface area (Å²) in [6, 6.07) is -0.0486. The molecule has 1 aliphatic heterocycles. The zero-order chi connectivity index (χ0) is 14.9. The molecule has 1 unspecified atom stereocenters. The predicted molar refractivity (Wildman–Crippen MR) is 65.0 cm³/mol. The summed E-state index contributed by atoms with van der Waals surface area (Å²) in [5.74, 6) is -9.65. The Morgan fingerprint density at radius 2 is 1.35 bits per heavy atom. The molecule has 1 aromatic rings. The Bertz CT molecular complexity index is 471. The molecule has 0 radical (unpaired) electrons. The van der Waals surface area contributed by atoms with Crippen LogP contribution in [0.25, 0.3) is 0 Å². The number of likely N-dealkylation sites (tertiary alicyclic amines) is 1. The van der Waals surface area contributed by atoms with E-state index in [2.05, 4.69) is 10.2 Å². The Morgan fingerprint density at radius 3 is 1.85 bits per heavy atom. The highest BCUT2D eigenvalue weighted by Crippen LogP contribution is 2.27. The number of halogens is 5. The molecule has 7 heteroatoms. The van der Waals surface area contributed by atoms with E-state index in [1.807, 2.05) is 6.92 Å². The zero-order valence-corrected chi connectivity index (χ0v) is 10.9. The summed E-state index contributed by atoms with van der Waals surface area (Å²) in [6.07, 6.45) is 2.10. The molecule has 0 spiro atoms. The molecule has 0 amide bonds. The van der Waals surface area contributed by atoms with E-state index in [9.17, 15) is 22.0 Å². The van der Waals surface area contributed by atoms with Crippen molar-refractivity contribution in [2.45, 2.75) is 25.8 Å². The summed E-state index contributed by atoms with van der Waals surface area (Å²) in [4.78, 5) is 2.10. The summed E-state index contributed by atoms with van der Waals surface area (Å²) in [5, 5.41) is 2.33. The van der Waals surface area contributed by atoms with Crippen LogP contribution in [-0.2, 0) is 0 Å². The first-order valence-corrected chi connectivity index (χ1v) is 6.42. The van der Waals surface area contributed by atoms with E-state index in [-0.39, 0.29) is 12.6 Å². The standard InChI is InChI=1S/C13H15F5N2/c1-7(20-4-2-3-5-20)6-19-13-11(17)9(15)8(14)10(16)12(13)18/h7,19H,2-6H2,1H3. The molecule has 1 aliphatic rings. The first-order valence-electron chi connectivity index (χ1n) is 6.42. The molecule has 20 heavy (non-hydrogen) atoms. The van der Waals surface area contributed by atoms with Crippen molar-refractivity contribution >= 4 is 5.69 Å². The van der Waals surface area contributed by atoms with Crippen molar-refractivity contribution in [1.29, 1.82) is 0 Å². The monoisotopic (exact) mass is 294 g/mol. The van der Waals surface area contributed by atoms with Crippen molar-refractivity contribution in [3.8, 4) is 0 Å². The smallest absolute Gasteiger partial charge is 0.200 e. The number of nitrogens with one attached hydrogen (secondary N) is 1. The van der Waals surface area contributed by atoms with Gasteiger partial charge in [-0.2, -0.15) is 0 Å². The van der Waals surface area contributed by atoms with Gasteiger partial charge in [-0.25, -0.2) is 22.0 Å². The molecule has 1 N–H and O–H groups in total. The van der Waals surface area contributed by atoms with Gasteiger partial charge in [0.05, 0.1) is 0 Å². The average molecular weight is 294 g/mol. The molecular weight excluding hydrogens is 279 g/mol. The molecule has 1 saturated heterocycles. The van der Waals surface area contributed by atoms with Crippen LogP contribution in [0.4, 0.5) is 27.6 Å². The molecular formula is C13H15F5N2. The molecule has 0 bridgehead atoms. The molecule has 0 saturated carbocycles. The van der Waals surface area contributed by atoms with Gasteiger partial charge in [-0.15, -0.1) is 0 Å². The van der Waals surface area contributed by atoms with Gasteiger partial charge in [0, 0.05) is 12.6 Å². The summed E-state index contributed by atoms with van der Waals surface area (Å²) in [6.45, 7) is 3.70. The van der Waals surface area contributed by atoms with Gasteiger partial charge in [0.25, 0.3) is 0 Å². The summed E-state index contributed by atoms with van der Waals surface area (Å²) < 4.78 is 65.8. The van der Waals surface area contributed by atoms with Gasteiger partial charge >= 0.3 is 0 Å². The fraction of sp³-hybridized carbons (Fsp3) is 0.538. The van der Waals surface area contributed by atoms with Crippen LogP contribution < -0.4 is 5.32 Å². The van der Waals surface area contributed by atoms with Crippen molar-refractivity contribution in [2.75, 3.05) is 25.0 Å². The van der Waals surface area contributed by atoms with Crippen LogP contribution in [0.3, 0.4) is 0 Å². The molecule has 2 rings (SSSR count). The lowest BCUT2D eigenvalue weighted by Crippen LogP contribution is -2.36. The van der Waals surface area contributed by atoms with E-state index >= 15 is 0 Å². The minimum Gasteiger partial charge on any atom is -0.379 e. The van der Waals surface area contributed by atoms with Crippen molar-refractivity contribution in [3.63, 3.8) is 0 Å². The lowest BCUT2D eigenvalue weighted by atomic mass is 10.2. The maximum absolute atomic E-state index is 13.4. The number of hydrogen-bond acceptors (Lipinski definition) is 2. The van der Waals surface area contributed by atoms with E-state index in [1.54, 1.807) is 0 Å². The fourth-order valence-electron chi connectivity index (χ4n) is 2.32. The van der Waals surface area contributed by atoms with E-state index in [1.165, 1.54) is 0 Å². The lowest BCUT2D eigenvalue weighted by Gasteiger charge is -2.24. The zero-order valence-electron chi connectivity index (χ0n) is 10.9. The van der Waals surface area contributed by atoms with Gasteiger partial charge in [-0.1, -0.05) is 0 Å². The fourth-order valence-corrected chi connectivity index (χ4v) is 2.32. The molecule has 1 atom stereocenters. The average Bonchev–Trinajstić information content (AvgIpc) is 2.97. The van der Waals surface area contributed by atoms with E-state index in [0.717, 1.165) is 25.9 Å². The van der Waals surface area contributed by atoms with Crippen LogP contribution in [0.15, 0.2) is 0 Å². The van der Waals surface area contributed by atoms with Crippen LogP contribution in [-0.4, -0.2) is 30.6 Å². The second-order valence-corrected chi connectivity index (χ2v) is 4.92. The molecule has 1 heterocycles. The summed E-state index contributed by atoms with van der Waals surface area (Å²) >= 11 is 0. The third-order valence-electron chi connectivity index (χ3n) is 3.55. The summed E-state index contributed by atoms with van der Waals surface area (Å²) in [7, 11) is 0. The molecule has 2 nitrogen and oxygen atoms in total. The van der Waals surface area contributed by atoms with E-state index in [4.69, 9.17) is 0 Å². The molecule has 0 aliphatic carbocycles. The minimum atomic E-state index is -2.14. The lowest BCUT2D eigenvalue weighted by molar-refractivity contribution is 0.268. The SMILES string of the molecule is CC(CNc1c(F)c(F)c(F)c(F)c1F)N1CCCC1. The van der Waals surface area contributed by atoms with Crippen LogP contribution in [0.5, 0.6) is 0 Å². The highest BCUT2D eigenvalue weighted by atomic mass is 19.2. The predicted octanol–water partition coefficient (Wildman–Crippen LogP) is 3.28. The normalized spacial score (nSPS) is 17.5. The third-order valence-corrected chi connectivity index (χ3v) is 3.55. The van der Waals surface area contributed by atoms with Crippen molar-refractivity contribution in [2.24, 2.45) is 0 Å². The highest BCUT2D eigenvalue weighted by molar-refractivity contribution is 5.47. The Labute approximate surface area is 113 Å². The quantitative estimate of drug-likeness (QED) is 0.521. The Morgan fingerprint density at radius 1 is 0.900 bits per heavy atom. The third kappa shape index (κ3) is 2.72. The largest absolute Gasteiger partial charge is 0.379 e. The number of rotatable bonds is 4. The van der Waals surface area contributed by atoms with Gasteiger partial charge < -0.3 is 5.32 Å². The second kappa shape index (κ2) is 5.95. The number of nitrogens with zero attached hydrogens (tertiary/aromatic N) is 1. The second-order valence-electron chi connectivity index (χ2n) is 4.92. The van der Waals surface area contributed by atoms with Crippen molar-refractivity contribution < 1.29 is 22.0 Å². The maximum Gasteiger partial charge on any atom is 0.200 e. The molecule has 1 fully saturated rings. The van der Waals surface area contributed by atoms with Gasteiger partial charge in [0.15, 0.2) is 23.3 Å². The van der Waals surface area contributed by atoms with Crippen LogP contribution in [0.1, 0.15) is 19.8 Å². The maximum atomic E-state index is 13.4. The van der Waals surface area contributed by atoms with Crippen LogP contribution in [0.2, 0.25) is 0 Å². The number of benzene rings is 1. The Balaban J connectivity index is 2.13. The number of anilines is 1. The van der Waals surface area contributed by atoms with Crippen molar-refractivity contribution in [1.82, 2.24) is 4.90 Å². The summed E-state index contributed by atoms with van der Waals surface area (Å²) in [5.41, 5.74) is -0.965. The Kier molecular flexibility index (Phi) is 4.47. The Hall–Kier alpha value is -1.37. The minimum absolute atomic E-state index is 0.0486. The van der Waals surface area contributed by atoms with Crippen LogP contribution >= 0.6 is 0 Å². The van der Waals surface area contributed by atoms with Gasteiger partial charge in [0.2, 0.25) is 5.82 Å². The first-order chi connectivity index (χ1) is 9.43. The van der Waals surface area contributed by atoms with E-state index in [0.29, 0.717) is 0 Å². The van der Waals surface area contributed by atoms with Gasteiger partial charge in [-0.05, 0) is 32.9 Å². The number of hydrogen-bond donors (Lipinski definition) is 1. The van der Waals surface area contributed by atoms with Gasteiger partial charge in [-0.3, -0.25) is 4.90 Å². The van der Waals surface area contributed by atoms with E-state index < -0.39 is 34.8 Å². The molecule has 1 aromatic carbocycles. The highest BCUT2D eigenvalue weighted by Gasteiger charge is 2.26. The van der Waals surface area contributed by atoms with Gasteiger partial charge in [0.1, 0.15) is 5.69 Å². The van der Waals surface area contributed by atoms with Crippen molar-refractivity contribution in [3.05, 3.63) is 29.1 Å². The van der Waals surface area contributed by atoms with Crippen LogP contribution in [0, 0.1) is 29.1 Å².